The van der Waals surface area contributed by atoms with Gasteiger partial charge in [0, 0.05) is 33.9 Å². The second-order valence-electron chi connectivity index (χ2n) is 8.02. The summed E-state index contributed by atoms with van der Waals surface area (Å²) in [4.78, 5) is 16.7. The van der Waals surface area contributed by atoms with E-state index in [1.165, 1.54) is 17.4 Å². The van der Waals surface area contributed by atoms with Crippen molar-refractivity contribution in [1.29, 1.82) is 0 Å². The number of rotatable bonds is 7. The molecule has 2 aromatic rings. The molecule has 0 aliphatic rings. The molecule has 0 saturated carbocycles. The Morgan fingerprint density at radius 2 is 2.03 bits per heavy atom. The predicted octanol–water partition coefficient (Wildman–Crippen LogP) is 5.06. The average molecular weight is 462 g/mol. The largest absolute Gasteiger partial charge is 0.598 e. The Kier molecular flexibility index (Phi) is 7.92. The van der Waals surface area contributed by atoms with E-state index in [-0.39, 0.29) is 6.42 Å². The third-order valence-electron chi connectivity index (χ3n) is 3.67. The molecule has 0 spiro atoms. The molecule has 0 saturated heterocycles. The summed E-state index contributed by atoms with van der Waals surface area (Å²) in [5.41, 5.74) is -0.145. The SMILES string of the molecule is CC(C)(C)OC(=O)Nc1ncc(CN[S@+]([O-])C(C)(C)Cc2ccc(Cl)cc2F)s1. The van der Waals surface area contributed by atoms with Crippen LogP contribution < -0.4 is 10.0 Å². The van der Waals surface area contributed by atoms with Gasteiger partial charge in [-0.05, 0) is 52.3 Å². The number of nitrogens with one attached hydrogen (secondary N) is 2. The number of amides is 1. The second-order valence-corrected chi connectivity index (χ2v) is 11.5. The number of ether oxygens (including phenoxy) is 1. The van der Waals surface area contributed by atoms with Crippen LogP contribution in [0, 0.1) is 5.82 Å². The number of hydrogen-bond acceptors (Lipinski definition) is 6. The lowest BCUT2D eigenvalue weighted by Gasteiger charge is -2.28. The van der Waals surface area contributed by atoms with E-state index < -0.39 is 33.6 Å². The molecule has 0 aliphatic heterocycles. The fraction of sp³-hybridized carbons (Fsp3) is 0.474. The fourth-order valence-electron chi connectivity index (χ4n) is 2.36. The van der Waals surface area contributed by atoms with E-state index in [1.807, 2.05) is 0 Å². The maximum Gasteiger partial charge on any atom is 0.413 e. The van der Waals surface area contributed by atoms with Crippen LogP contribution in [0.1, 0.15) is 45.1 Å². The normalized spacial score (nSPS) is 13.2. The number of anilines is 1. The molecular formula is C19H25ClFN3O3S2. The third kappa shape index (κ3) is 7.75. The highest BCUT2D eigenvalue weighted by atomic mass is 35.5. The summed E-state index contributed by atoms with van der Waals surface area (Å²) in [5.74, 6) is -0.414. The molecule has 1 aromatic carbocycles. The zero-order chi connectivity index (χ0) is 21.8. The molecule has 0 bridgehead atoms. The first-order chi connectivity index (χ1) is 13.4. The quantitative estimate of drug-likeness (QED) is 0.563. The highest BCUT2D eigenvalue weighted by Gasteiger charge is 2.34. The molecule has 0 fully saturated rings. The highest BCUT2D eigenvalue weighted by molar-refractivity contribution is 7.90. The molecule has 1 heterocycles. The molecule has 1 atom stereocenters. The minimum atomic E-state index is -1.44. The average Bonchev–Trinajstić information content (AvgIpc) is 3.00. The Balaban J connectivity index is 1.90. The minimum Gasteiger partial charge on any atom is -0.598 e. The summed E-state index contributed by atoms with van der Waals surface area (Å²) in [6.07, 6.45) is 1.29. The van der Waals surface area contributed by atoms with E-state index in [2.05, 4.69) is 15.0 Å². The fourth-order valence-corrected chi connectivity index (χ4v) is 4.31. The van der Waals surface area contributed by atoms with Gasteiger partial charge in [-0.25, -0.2) is 14.2 Å². The lowest BCUT2D eigenvalue weighted by Crippen LogP contribution is -2.43. The highest BCUT2D eigenvalue weighted by Crippen LogP contribution is 2.26. The van der Waals surface area contributed by atoms with Crippen LogP contribution in [0.4, 0.5) is 14.3 Å². The zero-order valence-electron chi connectivity index (χ0n) is 17.0. The molecule has 0 radical (unpaired) electrons. The minimum absolute atomic E-state index is 0.282. The Hall–Kier alpha value is -1.39. The smallest absolute Gasteiger partial charge is 0.413 e. The number of hydrogen-bond donors (Lipinski definition) is 2. The first kappa shape index (κ1) is 23.9. The number of carbonyl (C=O) groups excluding carboxylic acids is 1. The number of nitrogens with zero attached hydrogens (tertiary/aromatic N) is 1. The number of halogens is 2. The van der Waals surface area contributed by atoms with Crippen LogP contribution in [0.15, 0.2) is 24.4 Å². The van der Waals surface area contributed by atoms with Crippen LogP contribution in [0.2, 0.25) is 5.02 Å². The van der Waals surface area contributed by atoms with Crippen molar-refractivity contribution in [3.8, 4) is 0 Å². The molecule has 1 amide bonds. The first-order valence-corrected chi connectivity index (χ1v) is 11.2. The Morgan fingerprint density at radius 3 is 2.66 bits per heavy atom. The lowest BCUT2D eigenvalue weighted by molar-refractivity contribution is 0.0636. The van der Waals surface area contributed by atoms with Gasteiger partial charge in [0.05, 0.1) is 6.54 Å². The number of carbonyl (C=O) groups is 1. The van der Waals surface area contributed by atoms with Gasteiger partial charge in [-0.3, -0.25) is 5.32 Å². The van der Waals surface area contributed by atoms with E-state index in [1.54, 1.807) is 52.9 Å². The zero-order valence-corrected chi connectivity index (χ0v) is 19.4. The summed E-state index contributed by atoms with van der Waals surface area (Å²) in [7, 11) is 0. The van der Waals surface area contributed by atoms with E-state index in [9.17, 15) is 13.7 Å². The maximum atomic E-state index is 14.0. The molecule has 0 aliphatic carbocycles. The van der Waals surface area contributed by atoms with Gasteiger partial charge in [-0.15, -0.1) is 16.1 Å². The molecule has 160 valence electrons. The molecule has 2 N–H and O–H groups in total. The Bertz CT molecular complexity index is 855. The molecule has 10 heteroatoms. The van der Waals surface area contributed by atoms with Gasteiger partial charge in [0.15, 0.2) is 5.13 Å². The molecule has 29 heavy (non-hydrogen) atoms. The van der Waals surface area contributed by atoms with Crippen LogP contribution >= 0.6 is 22.9 Å². The summed E-state index contributed by atoms with van der Waals surface area (Å²) in [6, 6.07) is 4.47. The maximum absolute atomic E-state index is 14.0. The van der Waals surface area contributed by atoms with Crippen molar-refractivity contribution in [2.24, 2.45) is 0 Å². The van der Waals surface area contributed by atoms with Gasteiger partial charge in [0.2, 0.25) is 0 Å². The Morgan fingerprint density at radius 1 is 1.34 bits per heavy atom. The number of benzene rings is 1. The topological polar surface area (TPSA) is 86.3 Å². The van der Waals surface area contributed by atoms with Gasteiger partial charge < -0.3 is 9.29 Å². The van der Waals surface area contributed by atoms with Crippen LogP contribution in [-0.4, -0.2) is 26.0 Å². The lowest BCUT2D eigenvalue weighted by atomic mass is 10.0. The third-order valence-corrected chi connectivity index (χ3v) is 6.37. The van der Waals surface area contributed by atoms with Crippen LogP contribution in [-0.2, 0) is 29.1 Å². The van der Waals surface area contributed by atoms with Gasteiger partial charge in [-0.2, -0.15) is 0 Å². The van der Waals surface area contributed by atoms with Crippen molar-refractivity contribution >= 4 is 45.5 Å². The second kappa shape index (κ2) is 9.61. The molecule has 6 nitrogen and oxygen atoms in total. The monoisotopic (exact) mass is 461 g/mol. The van der Waals surface area contributed by atoms with Crippen molar-refractivity contribution in [2.75, 3.05) is 5.32 Å². The van der Waals surface area contributed by atoms with Crippen LogP contribution in [0.5, 0.6) is 0 Å². The van der Waals surface area contributed by atoms with E-state index in [0.29, 0.717) is 22.3 Å². The molecule has 0 unspecified atom stereocenters. The van der Waals surface area contributed by atoms with Crippen LogP contribution in [0.25, 0.3) is 0 Å². The van der Waals surface area contributed by atoms with Crippen LogP contribution in [0.3, 0.4) is 0 Å². The summed E-state index contributed by atoms with van der Waals surface area (Å²) in [6.45, 7) is 9.22. The van der Waals surface area contributed by atoms with E-state index in [4.69, 9.17) is 16.3 Å². The van der Waals surface area contributed by atoms with Gasteiger partial charge in [0.25, 0.3) is 0 Å². The van der Waals surface area contributed by atoms with Crippen molar-refractivity contribution in [3.63, 3.8) is 0 Å². The summed E-state index contributed by atoms with van der Waals surface area (Å²) < 4.78 is 34.2. The van der Waals surface area contributed by atoms with E-state index in [0.717, 1.165) is 4.88 Å². The standard InChI is InChI=1S/C19H25ClFN3O3S2/c1-18(2,3)27-17(25)24-16-22-10-14(28-16)11-23-29(26)19(4,5)9-12-6-7-13(20)8-15(12)21/h6-8,10,23H,9,11H2,1-5H3,(H,22,24,25)/t29-/m1/s1. The predicted molar refractivity (Wildman–Crippen MR) is 116 cm³/mol. The van der Waals surface area contributed by atoms with Gasteiger partial charge >= 0.3 is 6.09 Å². The first-order valence-electron chi connectivity index (χ1n) is 8.90. The van der Waals surface area contributed by atoms with Gasteiger partial charge in [0.1, 0.15) is 16.2 Å². The Labute approximate surface area is 182 Å². The molecule has 1 aromatic heterocycles. The van der Waals surface area contributed by atoms with Crippen molar-refractivity contribution in [3.05, 3.63) is 45.7 Å². The van der Waals surface area contributed by atoms with Gasteiger partial charge in [-0.1, -0.05) is 17.7 Å². The molecule has 2 rings (SSSR count). The number of thiazole rings is 1. The van der Waals surface area contributed by atoms with Crippen molar-refractivity contribution < 1.29 is 18.5 Å². The molecular weight excluding hydrogens is 437 g/mol. The van der Waals surface area contributed by atoms with E-state index >= 15 is 0 Å². The summed E-state index contributed by atoms with van der Waals surface area (Å²) in [5, 5.41) is 3.29. The van der Waals surface area contributed by atoms with Crippen molar-refractivity contribution in [2.45, 2.75) is 57.9 Å². The van der Waals surface area contributed by atoms with Crippen molar-refractivity contribution in [1.82, 2.24) is 9.71 Å². The summed E-state index contributed by atoms with van der Waals surface area (Å²) >= 11 is 5.59. The number of aromatic nitrogens is 1.